The Kier molecular flexibility index (Phi) is 4.29. The van der Waals surface area contributed by atoms with Gasteiger partial charge < -0.3 is 5.11 Å². The lowest BCUT2D eigenvalue weighted by molar-refractivity contribution is 0.00990. The van der Waals surface area contributed by atoms with Gasteiger partial charge in [-0.25, -0.2) is 4.39 Å². The third-order valence-corrected chi connectivity index (χ3v) is 4.61. The molecule has 1 aliphatic carbocycles. The Balaban J connectivity index is 2.13. The second kappa shape index (κ2) is 5.58. The molecule has 0 aliphatic heterocycles. The molecule has 3 heteroatoms. The van der Waals surface area contributed by atoms with E-state index in [-0.39, 0.29) is 11.2 Å². The van der Waals surface area contributed by atoms with Crippen molar-refractivity contribution < 1.29 is 9.50 Å². The summed E-state index contributed by atoms with van der Waals surface area (Å²) < 4.78 is 13.7. The monoisotopic (exact) mass is 270 g/mol. The molecule has 0 saturated heterocycles. The van der Waals surface area contributed by atoms with Gasteiger partial charge in [0, 0.05) is 17.0 Å². The summed E-state index contributed by atoms with van der Waals surface area (Å²) in [5, 5.41) is 10.8. The molecule has 0 radical (unpaired) electrons. The number of aliphatic hydroxyl groups is 1. The van der Waals surface area contributed by atoms with Crippen molar-refractivity contribution in [1.82, 2.24) is 0 Å². The summed E-state index contributed by atoms with van der Waals surface area (Å²) in [5.74, 6) is -0.319. The Morgan fingerprint density at radius 3 is 2.61 bits per heavy atom. The fourth-order valence-corrected chi connectivity index (χ4v) is 3.10. The predicted molar refractivity (Wildman–Crippen MR) is 72.3 cm³/mol. The summed E-state index contributed by atoms with van der Waals surface area (Å²) in [6.07, 6.45) is 5.36. The molecule has 1 fully saturated rings. The van der Waals surface area contributed by atoms with Crippen LogP contribution in [0.3, 0.4) is 0 Å². The van der Waals surface area contributed by atoms with E-state index in [0.717, 1.165) is 25.7 Å². The van der Waals surface area contributed by atoms with Crippen LogP contribution in [0.4, 0.5) is 4.39 Å². The Bertz CT molecular complexity index is 393. The van der Waals surface area contributed by atoms with Gasteiger partial charge in [0.15, 0.2) is 0 Å². The van der Waals surface area contributed by atoms with Crippen molar-refractivity contribution in [2.75, 3.05) is 0 Å². The van der Waals surface area contributed by atoms with Crippen LogP contribution in [0.1, 0.15) is 44.6 Å². The molecule has 1 aliphatic rings. The molecule has 0 spiro atoms. The van der Waals surface area contributed by atoms with E-state index >= 15 is 0 Å². The van der Waals surface area contributed by atoms with Crippen molar-refractivity contribution >= 4 is 11.6 Å². The highest BCUT2D eigenvalue weighted by atomic mass is 35.5. The number of rotatable bonds is 3. The number of hydrogen-bond acceptors (Lipinski definition) is 1. The second-order valence-corrected chi connectivity index (χ2v) is 6.04. The molecule has 100 valence electrons. The molecule has 1 saturated carbocycles. The molecule has 18 heavy (non-hydrogen) atoms. The van der Waals surface area contributed by atoms with E-state index in [4.69, 9.17) is 11.6 Å². The molecule has 1 nitrogen and oxygen atoms in total. The maximum Gasteiger partial charge on any atom is 0.127 e. The van der Waals surface area contributed by atoms with Crippen LogP contribution in [-0.2, 0) is 6.42 Å². The molecular formula is C15H20ClFO. The fourth-order valence-electron chi connectivity index (χ4n) is 2.86. The first-order chi connectivity index (χ1) is 8.53. The zero-order valence-electron chi connectivity index (χ0n) is 10.8. The molecular weight excluding hydrogens is 251 g/mol. The summed E-state index contributed by atoms with van der Waals surface area (Å²) in [6.45, 7) is 2.10. The van der Waals surface area contributed by atoms with Gasteiger partial charge in [-0.05, 0) is 30.4 Å². The predicted octanol–water partition coefficient (Wildman–Crippen LogP) is 4.35. The van der Waals surface area contributed by atoms with Crippen LogP contribution in [0.5, 0.6) is 0 Å². The molecule has 2 rings (SSSR count). The highest BCUT2D eigenvalue weighted by molar-refractivity contribution is 6.31. The summed E-state index contributed by atoms with van der Waals surface area (Å²) in [5.41, 5.74) is 0.350. The smallest absolute Gasteiger partial charge is 0.127 e. The molecule has 0 amide bonds. The highest BCUT2D eigenvalue weighted by Gasteiger charge is 2.34. The van der Waals surface area contributed by atoms with E-state index in [1.165, 1.54) is 12.5 Å². The van der Waals surface area contributed by atoms with E-state index in [2.05, 4.69) is 6.92 Å². The highest BCUT2D eigenvalue weighted by Crippen LogP contribution is 2.40. The van der Waals surface area contributed by atoms with Crippen molar-refractivity contribution in [3.8, 4) is 0 Å². The van der Waals surface area contributed by atoms with Crippen LogP contribution in [-0.4, -0.2) is 11.2 Å². The van der Waals surface area contributed by atoms with Crippen molar-refractivity contribution in [2.24, 2.45) is 5.41 Å². The Morgan fingerprint density at radius 1 is 1.33 bits per heavy atom. The van der Waals surface area contributed by atoms with Crippen LogP contribution >= 0.6 is 11.6 Å². The van der Waals surface area contributed by atoms with Crippen LogP contribution in [0.25, 0.3) is 0 Å². The molecule has 1 aromatic rings. The Hall–Kier alpha value is -0.600. The van der Waals surface area contributed by atoms with Gasteiger partial charge in [-0.15, -0.1) is 0 Å². The lowest BCUT2D eigenvalue weighted by atomic mass is 9.70. The summed E-state index contributed by atoms with van der Waals surface area (Å²) in [4.78, 5) is 0. The average Bonchev–Trinajstić information content (AvgIpc) is 2.34. The van der Waals surface area contributed by atoms with E-state index in [9.17, 15) is 9.50 Å². The first-order valence-electron chi connectivity index (χ1n) is 6.64. The second-order valence-electron chi connectivity index (χ2n) is 5.63. The molecule has 0 heterocycles. The van der Waals surface area contributed by atoms with E-state index in [0.29, 0.717) is 17.0 Å². The van der Waals surface area contributed by atoms with Gasteiger partial charge in [-0.1, -0.05) is 43.9 Å². The van der Waals surface area contributed by atoms with Crippen molar-refractivity contribution in [1.29, 1.82) is 0 Å². The van der Waals surface area contributed by atoms with Crippen molar-refractivity contribution in [2.45, 2.75) is 51.6 Å². The van der Waals surface area contributed by atoms with Gasteiger partial charge in [-0.2, -0.15) is 0 Å². The Labute approximate surface area is 113 Å². The summed E-state index contributed by atoms with van der Waals surface area (Å²) in [6, 6.07) is 4.67. The van der Waals surface area contributed by atoms with Crippen LogP contribution < -0.4 is 0 Å². The minimum atomic E-state index is -0.521. The fraction of sp³-hybridized carbons (Fsp3) is 0.600. The number of aliphatic hydroxyl groups excluding tert-OH is 1. The minimum Gasteiger partial charge on any atom is -0.392 e. The number of benzene rings is 1. The van der Waals surface area contributed by atoms with Gasteiger partial charge in [-0.3, -0.25) is 0 Å². The zero-order valence-corrected chi connectivity index (χ0v) is 11.5. The third kappa shape index (κ3) is 2.86. The summed E-state index contributed by atoms with van der Waals surface area (Å²) in [7, 11) is 0. The van der Waals surface area contributed by atoms with E-state index in [1.54, 1.807) is 12.1 Å². The lowest BCUT2D eigenvalue weighted by Crippen LogP contribution is -2.36. The Morgan fingerprint density at radius 2 is 2.00 bits per heavy atom. The maximum atomic E-state index is 13.7. The van der Waals surface area contributed by atoms with Gasteiger partial charge in [0.25, 0.3) is 0 Å². The summed E-state index contributed by atoms with van der Waals surface area (Å²) >= 11 is 6.01. The standard InChI is InChI=1S/C15H20ClFO/c1-15(8-3-2-4-9-15)14(18)10-11-12(16)6-5-7-13(11)17/h5-7,14,18H,2-4,8-10H2,1H3. The van der Waals surface area contributed by atoms with Crippen molar-refractivity contribution in [3.05, 3.63) is 34.6 Å². The first-order valence-corrected chi connectivity index (χ1v) is 7.02. The van der Waals surface area contributed by atoms with Crippen LogP contribution in [0.15, 0.2) is 18.2 Å². The first kappa shape index (κ1) is 13.8. The number of hydrogen-bond donors (Lipinski definition) is 1. The normalized spacial score (nSPS) is 20.7. The average molecular weight is 271 g/mol. The minimum absolute atomic E-state index is 0.0934. The van der Waals surface area contributed by atoms with Gasteiger partial charge in [0.1, 0.15) is 5.82 Å². The molecule has 1 atom stereocenters. The molecule has 0 aromatic heterocycles. The van der Waals surface area contributed by atoms with Crippen LogP contribution in [0.2, 0.25) is 5.02 Å². The third-order valence-electron chi connectivity index (χ3n) is 4.26. The molecule has 1 aromatic carbocycles. The van der Waals surface area contributed by atoms with E-state index in [1.807, 2.05) is 0 Å². The largest absolute Gasteiger partial charge is 0.392 e. The van der Waals surface area contributed by atoms with Crippen molar-refractivity contribution in [3.63, 3.8) is 0 Å². The lowest BCUT2D eigenvalue weighted by Gasteiger charge is -2.38. The van der Waals surface area contributed by atoms with E-state index < -0.39 is 6.10 Å². The SMILES string of the molecule is CC1(C(O)Cc2c(F)cccc2Cl)CCCCC1. The maximum absolute atomic E-state index is 13.7. The molecule has 0 bridgehead atoms. The zero-order chi connectivity index (χ0) is 13.2. The van der Waals surface area contributed by atoms with Gasteiger partial charge >= 0.3 is 0 Å². The number of halogens is 2. The van der Waals surface area contributed by atoms with Crippen LogP contribution in [0, 0.1) is 11.2 Å². The van der Waals surface area contributed by atoms with Gasteiger partial charge in [0.05, 0.1) is 6.10 Å². The van der Waals surface area contributed by atoms with Gasteiger partial charge in [0.2, 0.25) is 0 Å². The molecule has 1 unspecified atom stereocenters. The quantitative estimate of drug-likeness (QED) is 0.866. The topological polar surface area (TPSA) is 20.2 Å². The molecule has 1 N–H and O–H groups in total.